The van der Waals surface area contributed by atoms with E-state index in [0.717, 1.165) is 22.5 Å². The minimum Gasteiger partial charge on any atom is -0.361 e. The molecule has 0 aliphatic carbocycles. The van der Waals surface area contributed by atoms with Gasteiger partial charge in [-0.3, -0.25) is 14.7 Å². The first-order valence-electron chi connectivity index (χ1n) is 8.32. The second-order valence-electron chi connectivity index (χ2n) is 6.27. The van der Waals surface area contributed by atoms with E-state index in [1.54, 1.807) is 17.3 Å². The van der Waals surface area contributed by atoms with Gasteiger partial charge in [0.25, 0.3) is 5.91 Å². The highest BCUT2D eigenvalue weighted by atomic mass is 16.2. The summed E-state index contributed by atoms with van der Waals surface area (Å²) in [7, 11) is 0. The van der Waals surface area contributed by atoms with Gasteiger partial charge in [0.2, 0.25) is 0 Å². The van der Waals surface area contributed by atoms with Crippen LogP contribution in [0.3, 0.4) is 0 Å². The van der Waals surface area contributed by atoms with E-state index < -0.39 is 0 Å². The van der Waals surface area contributed by atoms with Crippen molar-refractivity contribution in [3.05, 3.63) is 89.2 Å². The van der Waals surface area contributed by atoms with E-state index in [0.29, 0.717) is 0 Å². The van der Waals surface area contributed by atoms with Gasteiger partial charge in [-0.25, -0.2) is 0 Å². The molecule has 4 nitrogen and oxygen atoms in total. The molecule has 1 aliphatic heterocycles. The lowest BCUT2D eigenvalue weighted by Gasteiger charge is -2.27. The number of carbonyl (C=O) groups excluding carboxylic acids is 1. The van der Waals surface area contributed by atoms with E-state index in [-0.39, 0.29) is 12.1 Å². The normalized spacial score (nSPS) is 16.0. The standard InChI is InChI=1S/C21H19N3O/c1-14-7-5-11-19(15(14)2)23-20-17-9-3-4-10-18(17)21(25)24(20)16-8-6-12-22-13-16/h3-13,20,23H,1-2H3. The lowest BCUT2D eigenvalue weighted by molar-refractivity contribution is 0.0993. The Hall–Kier alpha value is -3.14. The van der Waals surface area contributed by atoms with Gasteiger partial charge in [-0.15, -0.1) is 0 Å². The Kier molecular flexibility index (Phi) is 3.73. The molecule has 0 fully saturated rings. The first-order chi connectivity index (χ1) is 12.2. The van der Waals surface area contributed by atoms with Crippen molar-refractivity contribution >= 4 is 17.3 Å². The van der Waals surface area contributed by atoms with Crippen molar-refractivity contribution in [2.75, 3.05) is 10.2 Å². The maximum Gasteiger partial charge on any atom is 0.260 e. The molecule has 1 N–H and O–H groups in total. The van der Waals surface area contributed by atoms with Gasteiger partial charge in [0, 0.05) is 23.0 Å². The number of aromatic nitrogens is 1. The van der Waals surface area contributed by atoms with Crippen LogP contribution in [0, 0.1) is 13.8 Å². The van der Waals surface area contributed by atoms with Crippen LogP contribution in [-0.4, -0.2) is 10.9 Å². The molecule has 1 amide bonds. The fourth-order valence-corrected chi connectivity index (χ4v) is 3.28. The molecule has 0 saturated heterocycles. The second-order valence-corrected chi connectivity index (χ2v) is 6.27. The monoisotopic (exact) mass is 329 g/mol. The molecule has 0 radical (unpaired) electrons. The van der Waals surface area contributed by atoms with Crippen molar-refractivity contribution < 1.29 is 4.79 Å². The first-order valence-corrected chi connectivity index (χ1v) is 8.32. The number of amides is 1. The number of hydrogen-bond donors (Lipinski definition) is 1. The van der Waals surface area contributed by atoms with Crippen LogP contribution < -0.4 is 10.2 Å². The maximum absolute atomic E-state index is 13.0. The van der Waals surface area contributed by atoms with E-state index >= 15 is 0 Å². The average Bonchev–Trinajstić information content (AvgIpc) is 2.92. The Balaban J connectivity index is 1.81. The van der Waals surface area contributed by atoms with Crippen molar-refractivity contribution in [2.24, 2.45) is 0 Å². The number of anilines is 2. The third-order valence-corrected chi connectivity index (χ3v) is 4.78. The largest absolute Gasteiger partial charge is 0.361 e. The molecule has 25 heavy (non-hydrogen) atoms. The SMILES string of the molecule is Cc1cccc(NC2c3ccccc3C(=O)N2c2cccnc2)c1C. The van der Waals surface area contributed by atoms with Gasteiger partial charge >= 0.3 is 0 Å². The van der Waals surface area contributed by atoms with Crippen LogP contribution in [0.25, 0.3) is 0 Å². The number of benzene rings is 2. The highest BCUT2D eigenvalue weighted by molar-refractivity contribution is 6.11. The third kappa shape index (κ3) is 2.56. The predicted octanol–water partition coefficient (Wildman–Crippen LogP) is 4.47. The van der Waals surface area contributed by atoms with E-state index in [2.05, 4.69) is 36.3 Å². The van der Waals surface area contributed by atoms with Crippen molar-refractivity contribution in [2.45, 2.75) is 20.0 Å². The zero-order valence-electron chi connectivity index (χ0n) is 14.2. The molecule has 2 heterocycles. The van der Waals surface area contributed by atoms with Gasteiger partial charge in [0.1, 0.15) is 6.17 Å². The van der Waals surface area contributed by atoms with Gasteiger partial charge in [-0.2, -0.15) is 0 Å². The average molecular weight is 329 g/mol. The van der Waals surface area contributed by atoms with E-state index in [1.165, 1.54) is 11.1 Å². The second kappa shape index (κ2) is 6.06. The lowest BCUT2D eigenvalue weighted by Crippen LogP contribution is -2.32. The molecule has 1 aromatic heterocycles. The molecule has 1 atom stereocenters. The maximum atomic E-state index is 13.0. The molecule has 1 aliphatic rings. The Morgan fingerprint density at radius 3 is 2.64 bits per heavy atom. The minimum absolute atomic E-state index is 0.00796. The molecule has 3 aromatic rings. The minimum atomic E-state index is -0.256. The van der Waals surface area contributed by atoms with Gasteiger partial charge in [-0.05, 0) is 49.2 Å². The number of hydrogen-bond acceptors (Lipinski definition) is 3. The molecule has 4 rings (SSSR count). The van der Waals surface area contributed by atoms with Crippen LogP contribution in [0.1, 0.15) is 33.2 Å². The summed E-state index contributed by atoms with van der Waals surface area (Å²) in [6.45, 7) is 4.18. The van der Waals surface area contributed by atoms with Gasteiger partial charge < -0.3 is 5.32 Å². The number of aryl methyl sites for hydroxylation is 1. The first kappa shape index (κ1) is 15.4. The van der Waals surface area contributed by atoms with Gasteiger partial charge in [-0.1, -0.05) is 30.3 Å². The van der Waals surface area contributed by atoms with Crippen LogP contribution >= 0.6 is 0 Å². The van der Waals surface area contributed by atoms with E-state index in [4.69, 9.17) is 0 Å². The molecular formula is C21H19N3O. The predicted molar refractivity (Wildman–Crippen MR) is 99.8 cm³/mol. The molecule has 124 valence electrons. The van der Waals surface area contributed by atoms with E-state index in [1.807, 2.05) is 42.5 Å². The number of nitrogens with one attached hydrogen (secondary N) is 1. The quantitative estimate of drug-likeness (QED) is 0.771. The number of pyridine rings is 1. The van der Waals surface area contributed by atoms with E-state index in [9.17, 15) is 4.79 Å². The van der Waals surface area contributed by atoms with Crippen LogP contribution in [0.4, 0.5) is 11.4 Å². The van der Waals surface area contributed by atoms with Crippen molar-refractivity contribution in [3.8, 4) is 0 Å². The summed E-state index contributed by atoms with van der Waals surface area (Å²) in [5.74, 6) is -0.00796. The molecule has 1 unspecified atom stereocenters. The summed E-state index contributed by atoms with van der Waals surface area (Å²) in [5.41, 5.74) is 5.93. The van der Waals surface area contributed by atoms with Crippen molar-refractivity contribution in [1.29, 1.82) is 0 Å². The summed E-state index contributed by atoms with van der Waals surface area (Å²) in [4.78, 5) is 19.0. The number of rotatable bonds is 3. The smallest absolute Gasteiger partial charge is 0.260 e. The fraction of sp³-hybridized carbons (Fsp3) is 0.143. The van der Waals surface area contributed by atoms with Crippen LogP contribution in [0.15, 0.2) is 67.0 Å². The Morgan fingerprint density at radius 2 is 1.84 bits per heavy atom. The Morgan fingerprint density at radius 1 is 1.00 bits per heavy atom. The highest BCUT2D eigenvalue weighted by Crippen LogP contribution is 2.38. The highest BCUT2D eigenvalue weighted by Gasteiger charge is 2.37. The summed E-state index contributed by atoms with van der Waals surface area (Å²) in [6.07, 6.45) is 3.18. The summed E-state index contributed by atoms with van der Waals surface area (Å²) < 4.78 is 0. The number of carbonyl (C=O) groups is 1. The zero-order valence-corrected chi connectivity index (χ0v) is 14.2. The Bertz CT molecular complexity index is 937. The zero-order chi connectivity index (χ0) is 17.4. The molecule has 2 aromatic carbocycles. The van der Waals surface area contributed by atoms with Crippen LogP contribution in [-0.2, 0) is 0 Å². The van der Waals surface area contributed by atoms with Crippen LogP contribution in [0.2, 0.25) is 0 Å². The lowest BCUT2D eigenvalue weighted by atomic mass is 10.1. The molecule has 0 bridgehead atoms. The van der Waals surface area contributed by atoms with Crippen molar-refractivity contribution in [1.82, 2.24) is 4.98 Å². The molecule has 0 spiro atoms. The molecular weight excluding hydrogens is 310 g/mol. The van der Waals surface area contributed by atoms with Crippen LogP contribution in [0.5, 0.6) is 0 Å². The number of nitrogens with zero attached hydrogens (tertiary/aromatic N) is 2. The fourth-order valence-electron chi connectivity index (χ4n) is 3.28. The van der Waals surface area contributed by atoms with Gasteiger partial charge in [0.05, 0.1) is 11.9 Å². The summed E-state index contributed by atoms with van der Waals surface area (Å²) in [6, 6.07) is 17.7. The van der Waals surface area contributed by atoms with Gasteiger partial charge in [0.15, 0.2) is 0 Å². The summed E-state index contributed by atoms with van der Waals surface area (Å²) >= 11 is 0. The van der Waals surface area contributed by atoms with Crippen molar-refractivity contribution in [3.63, 3.8) is 0 Å². The molecule has 0 saturated carbocycles. The number of fused-ring (bicyclic) bond motifs is 1. The summed E-state index contributed by atoms with van der Waals surface area (Å²) in [5, 5.41) is 3.56. The Labute approximate surface area is 147 Å². The topological polar surface area (TPSA) is 45.2 Å². The third-order valence-electron chi connectivity index (χ3n) is 4.78. The molecule has 4 heteroatoms.